The van der Waals surface area contributed by atoms with Crippen molar-refractivity contribution in [1.82, 2.24) is 10.3 Å². The van der Waals surface area contributed by atoms with Crippen molar-refractivity contribution in [3.8, 4) is 6.07 Å². The number of H-pyrrole nitrogens is 1. The van der Waals surface area contributed by atoms with Gasteiger partial charge < -0.3 is 10.3 Å². The van der Waals surface area contributed by atoms with E-state index in [1.165, 1.54) is 0 Å². The highest BCUT2D eigenvalue weighted by Gasteiger charge is 2.15. The van der Waals surface area contributed by atoms with Gasteiger partial charge in [-0.05, 0) is 31.6 Å². The molecule has 0 saturated heterocycles. The van der Waals surface area contributed by atoms with E-state index in [1.54, 1.807) is 6.08 Å². The number of rotatable bonds is 4. The van der Waals surface area contributed by atoms with Crippen LogP contribution < -0.4 is 5.32 Å². The highest BCUT2D eigenvalue weighted by atomic mass is 16.1. The summed E-state index contributed by atoms with van der Waals surface area (Å²) in [5.41, 5.74) is 3.88. The molecule has 0 aliphatic carbocycles. The minimum absolute atomic E-state index is 0.0932. The zero-order valence-corrected chi connectivity index (χ0v) is 14.2. The predicted molar refractivity (Wildman–Crippen MR) is 99.6 cm³/mol. The minimum atomic E-state index is -0.372. The van der Waals surface area contributed by atoms with Gasteiger partial charge in [0.25, 0.3) is 5.91 Å². The second-order valence-corrected chi connectivity index (χ2v) is 5.98. The number of hydrogen-bond acceptors (Lipinski definition) is 2. The van der Waals surface area contributed by atoms with E-state index in [1.807, 2.05) is 74.5 Å². The average molecular weight is 329 g/mol. The Kier molecular flexibility index (Phi) is 4.67. The van der Waals surface area contributed by atoms with Gasteiger partial charge in [-0.25, -0.2) is 0 Å². The van der Waals surface area contributed by atoms with Crippen LogP contribution in [0.25, 0.3) is 17.0 Å². The van der Waals surface area contributed by atoms with Crippen molar-refractivity contribution in [2.45, 2.75) is 19.9 Å². The molecule has 2 N–H and O–H groups in total. The van der Waals surface area contributed by atoms with Gasteiger partial charge in [-0.1, -0.05) is 48.5 Å². The SMILES string of the molecule is Cc1[nH]c2ccccc2c1/C=C(/C#N)C(=O)N[C@H](C)c1ccccc1. The van der Waals surface area contributed by atoms with Gasteiger partial charge in [-0.15, -0.1) is 0 Å². The van der Waals surface area contributed by atoms with Gasteiger partial charge in [0.2, 0.25) is 0 Å². The molecule has 1 heterocycles. The first kappa shape index (κ1) is 16.5. The molecule has 4 heteroatoms. The predicted octanol–water partition coefficient (Wildman–Crippen LogP) is 4.26. The Hall–Kier alpha value is -3.32. The van der Waals surface area contributed by atoms with Crippen LogP contribution in [-0.2, 0) is 4.79 Å². The van der Waals surface area contributed by atoms with Crippen molar-refractivity contribution in [3.05, 3.63) is 77.0 Å². The number of aromatic nitrogens is 1. The molecular weight excluding hydrogens is 310 g/mol. The third kappa shape index (κ3) is 3.46. The second-order valence-electron chi connectivity index (χ2n) is 5.98. The zero-order valence-electron chi connectivity index (χ0n) is 14.2. The number of nitriles is 1. The van der Waals surface area contributed by atoms with Crippen molar-refractivity contribution in [1.29, 1.82) is 5.26 Å². The van der Waals surface area contributed by atoms with E-state index in [4.69, 9.17) is 0 Å². The van der Waals surface area contributed by atoms with Gasteiger partial charge in [0.05, 0.1) is 6.04 Å². The van der Waals surface area contributed by atoms with E-state index in [9.17, 15) is 10.1 Å². The molecule has 0 radical (unpaired) electrons. The van der Waals surface area contributed by atoms with Gasteiger partial charge in [0, 0.05) is 22.2 Å². The molecule has 2 aromatic carbocycles. The summed E-state index contributed by atoms with van der Waals surface area (Å²) >= 11 is 0. The number of nitrogens with one attached hydrogen (secondary N) is 2. The van der Waals surface area contributed by atoms with Gasteiger partial charge >= 0.3 is 0 Å². The molecule has 0 fully saturated rings. The molecule has 4 nitrogen and oxygen atoms in total. The fraction of sp³-hybridized carbons (Fsp3) is 0.143. The number of benzene rings is 2. The number of carbonyl (C=O) groups excluding carboxylic acids is 1. The van der Waals surface area contributed by atoms with Crippen molar-refractivity contribution in [2.24, 2.45) is 0 Å². The topological polar surface area (TPSA) is 68.7 Å². The van der Waals surface area contributed by atoms with E-state index >= 15 is 0 Å². The van der Waals surface area contributed by atoms with Crippen molar-refractivity contribution >= 4 is 22.9 Å². The van der Waals surface area contributed by atoms with Gasteiger partial charge in [-0.3, -0.25) is 4.79 Å². The van der Waals surface area contributed by atoms with Crippen LogP contribution >= 0.6 is 0 Å². The Morgan fingerprint density at radius 1 is 1.16 bits per heavy atom. The normalized spacial score (nSPS) is 12.6. The first-order chi connectivity index (χ1) is 12.1. The van der Waals surface area contributed by atoms with E-state index in [2.05, 4.69) is 10.3 Å². The molecule has 1 amide bonds. The average Bonchev–Trinajstić information content (AvgIpc) is 2.95. The lowest BCUT2D eigenvalue weighted by Gasteiger charge is -2.13. The molecule has 25 heavy (non-hydrogen) atoms. The number of hydrogen-bond donors (Lipinski definition) is 2. The summed E-state index contributed by atoms with van der Waals surface area (Å²) in [5.74, 6) is -0.372. The summed E-state index contributed by atoms with van der Waals surface area (Å²) in [6, 6.07) is 19.4. The van der Waals surface area contributed by atoms with Gasteiger partial charge in [0.15, 0.2) is 0 Å². The van der Waals surface area contributed by atoms with Crippen LogP contribution in [0, 0.1) is 18.3 Å². The summed E-state index contributed by atoms with van der Waals surface area (Å²) in [6.07, 6.45) is 1.65. The molecule has 0 aliphatic heterocycles. The van der Waals surface area contributed by atoms with E-state index in [-0.39, 0.29) is 17.5 Å². The third-order valence-corrected chi connectivity index (χ3v) is 4.24. The van der Waals surface area contributed by atoms with Gasteiger partial charge in [0.1, 0.15) is 11.6 Å². The first-order valence-electron chi connectivity index (χ1n) is 8.15. The van der Waals surface area contributed by atoms with Crippen LogP contribution in [0.15, 0.2) is 60.2 Å². The maximum absolute atomic E-state index is 12.5. The Balaban J connectivity index is 1.89. The fourth-order valence-corrected chi connectivity index (χ4v) is 2.88. The summed E-state index contributed by atoms with van der Waals surface area (Å²) < 4.78 is 0. The Bertz CT molecular complexity index is 977. The molecule has 0 aliphatic rings. The number of para-hydroxylation sites is 1. The number of carbonyl (C=O) groups is 1. The molecule has 1 aromatic heterocycles. The molecule has 0 bridgehead atoms. The molecule has 1 atom stereocenters. The van der Waals surface area contributed by atoms with E-state index < -0.39 is 0 Å². The van der Waals surface area contributed by atoms with Crippen LogP contribution in [-0.4, -0.2) is 10.9 Å². The van der Waals surface area contributed by atoms with E-state index in [0.717, 1.165) is 27.7 Å². The number of amides is 1. The van der Waals surface area contributed by atoms with Crippen LogP contribution in [0.3, 0.4) is 0 Å². The smallest absolute Gasteiger partial charge is 0.262 e. The standard InChI is InChI=1S/C21H19N3O/c1-14(16-8-4-3-5-9-16)24-21(25)17(13-22)12-19-15(2)23-20-11-7-6-10-18(19)20/h3-12,14,23H,1-2H3,(H,24,25)/b17-12-/t14-/m1/s1. The maximum Gasteiger partial charge on any atom is 0.262 e. The summed E-state index contributed by atoms with van der Waals surface area (Å²) in [7, 11) is 0. The molecule has 0 saturated carbocycles. The number of aromatic amines is 1. The first-order valence-corrected chi connectivity index (χ1v) is 8.15. The monoisotopic (exact) mass is 329 g/mol. The van der Waals surface area contributed by atoms with Crippen LogP contribution in [0.1, 0.15) is 29.8 Å². The highest BCUT2D eigenvalue weighted by molar-refractivity contribution is 6.04. The molecular formula is C21H19N3O. The molecule has 3 aromatic rings. The largest absolute Gasteiger partial charge is 0.358 e. The lowest BCUT2D eigenvalue weighted by Crippen LogP contribution is -2.27. The molecule has 124 valence electrons. The number of nitrogens with zero attached hydrogens (tertiary/aromatic N) is 1. The number of fused-ring (bicyclic) bond motifs is 1. The number of aryl methyl sites for hydroxylation is 1. The lowest BCUT2D eigenvalue weighted by atomic mass is 10.1. The summed E-state index contributed by atoms with van der Waals surface area (Å²) in [5, 5.41) is 13.3. The van der Waals surface area contributed by atoms with Gasteiger partial charge in [-0.2, -0.15) is 5.26 Å². The second kappa shape index (κ2) is 7.06. The Morgan fingerprint density at radius 3 is 2.56 bits per heavy atom. The Labute approximate surface area is 146 Å². The molecule has 0 spiro atoms. The quantitative estimate of drug-likeness (QED) is 0.554. The third-order valence-electron chi connectivity index (χ3n) is 4.24. The van der Waals surface area contributed by atoms with E-state index in [0.29, 0.717) is 0 Å². The fourth-order valence-electron chi connectivity index (χ4n) is 2.88. The molecule has 0 unspecified atom stereocenters. The van der Waals surface area contributed by atoms with Crippen LogP contribution in [0.5, 0.6) is 0 Å². The van der Waals surface area contributed by atoms with Crippen molar-refractivity contribution < 1.29 is 4.79 Å². The van der Waals surface area contributed by atoms with Crippen LogP contribution in [0.4, 0.5) is 0 Å². The van der Waals surface area contributed by atoms with Crippen molar-refractivity contribution in [2.75, 3.05) is 0 Å². The Morgan fingerprint density at radius 2 is 1.84 bits per heavy atom. The zero-order chi connectivity index (χ0) is 17.8. The summed E-state index contributed by atoms with van der Waals surface area (Å²) in [6.45, 7) is 3.84. The minimum Gasteiger partial charge on any atom is -0.358 e. The lowest BCUT2D eigenvalue weighted by molar-refractivity contribution is -0.117. The molecule has 3 rings (SSSR count). The van der Waals surface area contributed by atoms with Crippen molar-refractivity contribution in [3.63, 3.8) is 0 Å². The van der Waals surface area contributed by atoms with Crippen LogP contribution in [0.2, 0.25) is 0 Å². The maximum atomic E-state index is 12.5. The highest BCUT2D eigenvalue weighted by Crippen LogP contribution is 2.24. The summed E-state index contributed by atoms with van der Waals surface area (Å²) in [4.78, 5) is 15.8.